The molecular formula is C24H26N8O4S2. The number of nitrogens with zero attached hydrogens (tertiary/aromatic N) is 5. The Bertz CT molecular complexity index is 1570. The highest BCUT2D eigenvalue weighted by Crippen LogP contribution is 2.38. The highest BCUT2D eigenvalue weighted by molar-refractivity contribution is 7.90. The lowest BCUT2D eigenvalue weighted by molar-refractivity contribution is 0.189. The zero-order valence-electron chi connectivity index (χ0n) is 20.7. The molecule has 4 heterocycles. The Kier molecular flexibility index (Phi) is 7.21. The van der Waals surface area contributed by atoms with Gasteiger partial charge in [0.25, 0.3) is 0 Å². The van der Waals surface area contributed by atoms with Gasteiger partial charge < -0.3 is 10.4 Å². The summed E-state index contributed by atoms with van der Waals surface area (Å²) >= 11 is 1.35. The van der Waals surface area contributed by atoms with Crippen LogP contribution >= 0.6 is 11.3 Å². The van der Waals surface area contributed by atoms with Crippen LogP contribution in [0.1, 0.15) is 18.9 Å². The number of pyridine rings is 1. The molecule has 0 saturated carbocycles. The molecule has 1 aliphatic rings. The Morgan fingerprint density at radius 3 is 2.61 bits per heavy atom. The number of amides is 2. The van der Waals surface area contributed by atoms with Crippen molar-refractivity contribution in [3.8, 4) is 22.4 Å². The van der Waals surface area contributed by atoms with Gasteiger partial charge in [0, 0.05) is 49.4 Å². The van der Waals surface area contributed by atoms with Crippen molar-refractivity contribution in [2.24, 2.45) is 0 Å². The van der Waals surface area contributed by atoms with Crippen LogP contribution in [0.4, 0.5) is 15.9 Å². The molecule has 1 fully saturated rings. The fraction of sp³-hybridized carbons (Fsp3) is 0.292. The van der Waals surface area contributed by atoms with E-state index < -0.39 is 16.3 Å². The first kappa shape index (κ1) is 25.9. The highest BCUT2D eigenvalue weighted by atomic mass is 32.2. The molecule has 0 radical (unpaired) electrons. The van der Waals surface area contributed by atoms with E-state index in [1.807, 2.05) is 38.1 Å². The van der Waals surface area contributed by atoms with Crippen LogP contribution in [-0.4, -0.2) is 69.5 Å². The molecule has 0 bridgehead atoms. The van der Waals surface area contributed by atoms with E-state index >= 15 is 0 Å². The smallest absolute Gasteiger partial charge is 0.321 e. The molecule has 14 heteroatoms. The number of hydrogen-bond donors (Lipinski definition) is 4. The number of thiazole rings is 1. The summed E-state index contributed by atoms with van der Waals surface area (Å²) in [6.07, 6.45) is 4.55. The summed E-state index contributed by atoms with van der Waals surface area (Å²) in [6, 6.07) is 7.37. The average molecular weight is 555 g/mol. The molecule has 198 valence electrons. The van der Waals surface area contributed by atoms with Crippen molar-refractivity contribution in [2.45, 2.75) is 26.4 Å². The lowest BCUT2D eigenvalue weighted by Crippen LogP contribution is -2.35. The summed E-state index contributed by atoms with van der Waals surface area (Å²) in [7, 11) is -3.87. The molecule has 1 aromatic carbocycles. The maximum Gasteiger partial charge on any atom is 0.321 e. The third kappa shape index (κ3) is 5.57. The molecular weight excluding hydrogens is 528 g/mol. The quantitative estimate of drug-likeness (QED) is 0.271. The first-order valence-electron chi connectivity index (χ1n) is 11.9. The van der Waals surface area contributed by atoms with E-state index in [9.17, 15) is 18.3 Å². The molecule has 1 atom stereocenters. The number of aryl methyl sites for hydroxylation is 1. The Labute approximate surface area is 223 Å². The first-order chi connectivity index (χ1) is 18.2. The van der Waals surface area contributed by atoms with Gasteiger partial charge in [-0.2, -0.15) is 12.7 Å². The largest absolute Gasteiger partial charge is 0.392 e. The fourth-order valence-electron chi connectivity index (χ4n) is 4.01. The minimum atomic E-state index is -3.87. The van der Waals surface area contributed by atoms with Crippen LogP contribution in [0, 0.1) is 6.92 Å². The summed E-state index contributed by atoms with van der Waals surface area (Å²) in [4.78, 5) is 29.6. The third-order valence-electron chi connectivity index (χ3n) is 5.91. The second kappa shape index (κ2) is 10.6. The van der Waals surface area contributed by atoms with Gasteiger partial charge in [0.2, 0.25) is 5.95 Å². The van der Waals surface area contributed by atoms with Crippen LogP contribution < -0.4 is 15.4 Å². The molecule has 4 N–H and O–H groups in total. The van der Waals surface area contributed by atoms with Crippen molar-refractivity contribution in [2.75, 3.05) is 29.7 Å². The van der Waals surface area contributed by atoms with Crippen LogP contribution in [0.5, 0.6) is 0 Å². The lowest BCUT2D eigenvalue weighted by atomic mass is 10.0. The number of fused-ring (bicyclic) bond motifs is 1. The van der Waals surface area contributed by atoms with Crippen LogP contribution in [-0.2, 0) is 10.2 Å². The van der Waals surface area contributed by atoms with Gasteiger partial charge in [0.1, 0.15) is 0 Å². The maximum atomic E-state index is 12.6. The number of anilines is 2. The van der Waals surface area contributed by atoms with Crippen LogP contribution in [0.25, 0.3) is 32.6 Å². The van der Waals surface area contributed by atoms with Crippen molar-refractivity contribution in [1.82, 2.24) is 29.6 Å². The molecule has 0 aliphatic carbocycles. The van der Waals surface area contributed by atoms with Gasteiger partial charge in [0.15, 0.2) is 5.13 Å². The molecule has 0 unspecified atom stereocenters. The molecule has 38 heavy (non-hydrogen) atoms. The maximum absolute atomic E-state index is 12.6. The predicted molar refractivity (Wildman–Crippen MR) is 146 cm³/mol. The fourth-order valence-corrected chi connectivity index (χ4v) is 6.15. The predicted octanol–water partition coefficient (Wildman–Crippen LogP) is 2.99. The van der Waals surface area contributed by atoms with Gasteiger partial charge in [-0.05, 0) is 49.6 Å². The number of aliphatic hydroxyl groups is 1. The summed E-state index contributed by atoms with van der Waals surface area (Å²) in [6.45, 7) is 4.55. The zero-order chi connectivity index (χ0) is 26.9. The van der Waals surface area contributed by atoms with E-state index in [-0.39, 0.29) is 25.1 Å². The van der Waals surface area contributed by atoms with Crippen molar-refractivity contribution in [1.29, 1.82) is 0 Å². The Hall–Kier alpha value is -3.72. The molecule has 0 spiro atoms. The van der Waals surface area contributed by atoms with Gasteiger partial charge >= 0.3 is 16.2 Å². The standard InChI is InChI=1S/C24H26N8O4S2/c1-3-25-23(34)30-24-29-20-9-15(8-18(21(20)37-24)19-5-4-14(2)10-26-19)16-11-27-22(28-12-16)31-38(35,36)32-7-6-17(33)13-32/h4-5,8-12,17,33H,3,6-7,13H2,1-2H3,(H,27,28,31)(H2,25,29,30,34)/t17-/m0/s1. The third-order valence-corrected chi connectivity index (χ3v) is 8.38. The SMILES string of the molecule is CCNC(=O)Nc1nc2cc(-c3cnc(NS(=O)(=O)N4CC[C@H](O)C4)nc3)cc(-c3ccc(C)cn3)c2s1. The Balaban J connectivity index is 1.48. The highest BCUT2D eigenvalue weighted by Gasteiger charge is 2.30. The number of carbonyl (C=O) groups is 1. The van der Waals surface area contributed by atoms with E-state index in [0.717, 1.165) is 27.1 Å². The van der Waals surface area contributed by atoms with E-state index in [0.29, 0.717) is 29.2 Å². The van der Waals surface area contributed by atoms with Gasteiger partial charge in [0.05, 0.1) is 22.0 Å². The number of rotatable bonds is 7. The average Bonchev–Trinajstić information content (AvgIpc) is 3.50. The van der Waals surface area contributed by atoms with Crippen molar-refractivity contribution in [3.63, 3.8) is 0 Å². The molecule has 1 aliphatic heterocycles. The minimum Gasteiger partial charge on any atom is -0.392 e. The second-order valence-electron chi connectivity index (χ2n) is 8.80. The summed E-state index contributed by atoms with van der Waals surface area (Å²) in [5.74, 6) is -0.0706. The lowest BCUT2D eigenvalue weighted by Gasteiger charge is -2.16. The minimum absolute atomic E-state index is 0.0356. The number of hydrogen-bond acceptors (Lipinski definition) is 9. The molecule has 4 aromatic rings. The number of β-amino-alcohol motifs (C(OH)–C–C–N with tert-alkyl or cyclic N) is 1. The van der Waals surface area contributed by atoms with Crippen LogP contribution in [0.2, 0.25) is 0 Å². The van der Waals surface area contributed by atoms with Gasteiger partial charge in [-0.25, -0.2) is 24.5 Å². The molecule has 1 saturated heterocycles. The number of nitrogens with one attached hydrogen (secondary N) is 3. The second-order valence-corrected chi connectivity index (χ2v) is 11.5. The topological polar surface area (TPSA) is 162 Å². The summed E-state index contributed by atoms with van der Waals surface area (Å²) in [5, 5.41) is 15.6. The summed E-state index contributed by atoms with van der Waals surface area (Å²) in [5.41, 5.74) is 4.66. The number of carbonyl (C=O) groups excluding carboxylic acids is 1. The first-order valence-corrected chi connectivity index (χ1v) is 14.2. The monoisotopic (exact) mass is 554 g/mol. The van der Waals surface area contributed by atoms with Crippen LogP contribution in [0.3, 0.4) is 0 Å². The van der Waals surface area contributed by atoms with Gasteiger partial charge in [-0.3, -0.25) is 10.3 Å². The number of benzene rings is 1. The zero-order valence-corrected chi connectivity index (χ0v) is 22.3. The molecule has 12 nitrogen and oxygen atoms in total. The summed E-state index contributed by atoms with van der Waals surface area (Å²) < 4.78 is 29.5. The normalized spacial score (nSPS) is 16.0. The Morgan fingerprint density at radius 2 is 1.95 bits per heavy atom. The van der Waals surface area contributed by atoms with Crippen molar-refractivity contribution >= 4 is 48.9 Å². The van der Waals surface area contributed by atoms with Gasteiger partial charge in [-0.15, -0.1) is 0 Å². The van der Waals surface area contributed by atoms with Crippen molar-refractivity contribution in [3.05, 3.63) is 48.4 Å². The number of aromatic nitrogens is 4. The Morgan fingerprint density at radius 1 is 1.16 bits per heavy atom. The van der Waals surface area contributed by atoms with E-state index in [1.165, 1.54) is 28.0 Å². The molecule has 3 aromatic heterocycles. The number of aliphatic hydroxyl groups excluding tert-OH is 1. The van der Waals surface area contributed by atoms with Crippen molar-refractivity contribution < 1.29 is 18.3 Å². The van der Waals surface area contributed by atoms with Gasteiger partial charge in [-0.1, -0.05) is 17.4 Å². The van der Waals surface area contributed by atoms with E-state index in [4.69, 9.17) is 0 Å². The number of urea groups is 1. The van der Waals surface area contributed by atoms with E-state index in [2.05, 4.69) is 35.3 Å². The molecule has 5 rings (SSSR count). The molecule has 2 amide bonds. The van der Waals surface area contributed by atoms with E-state index in [1.54, 1.807) is 6.20 Å². The van der Waals surface area contributed by atoms with Crippen LogP contribution in [0.15, 0.2) is 42.9 Å².